The van der Waals surface area contributed by atoms with Crippen molar-refractivity contribution in [1.29, 1.82) is 0 Å². The summed E-state index contributed by atoms with van der Waals surface area (Å²) < 4.78 is 3.63. The van der Waals surface area contributed by atoms with E-state index < -0.39 is 0 Å². The number of halogens is 1. The molecular formula is C23H20ClN7O. The molecule has 3 aromatic heterocycles. The third-order valence-electron chi connectivity index (χ3n) is 5.19. The van der Waals surface area contributed by atoms with Crippen LogP contribution in [0.5, 0.6) is 0 Å². The number of hydrogen-bond acceptors (Lipinski definition) is 4. The van der Waals surface area contributed by atoms with Gasteiger partial charge in [-0.15, -0.1) is 0 Å². The second-order valence-corrected chi connectivity index (χ2v) is 7.93. The van der Waals surface area contributed by atoms with Gasteiger partial charge < -0.3 is 5.32 Å². The predicted octanol–water partition coefficient (Wildman–Crippen LogP) is 3.64. The quantitative estimate of drug-likeness (QED) is 0.400. The Hall–Kier alpha value is -3.91. The van der Waals surface area contributed by atoms with Crippen LogP contribution in [0.2, 0.25) is 5.02 Å². The largest absolute Gasteiger partial charge is 0.346 e. The fourth-order valence-electron chi connectivity index (χ4n) is 3.53. The highest BCUT2D eigenvalue weighted by Gasteiger charge is 2.12. The summed E-state index contributed by atoms with van der Waals surface area (Å²) in [4.78, 5) is 12.6. The number of hydrogen-bond donors (Lipinski definition) is 2. The second kappa shape index (κ2) is 8.68. The van der Waals surface area contributed by atoms with Crippen LogP contribution in [0.1, 0.15) is 27.2 Å². The molecule has 9 heteroatoms. The molecule has 5 rings (SSSR count). The van der Waals surface area contributed by atoms with Crippen LogP contribution in [0.25, 0.3) is 10.9 Å². The molecule has 1 amide bonds. The summed E-state index contributed by atoms with van der Waals surface area (Å²) in [6.07, 6.45) is 7.02. The third-order valence-corrected chi connectivity index (χ3v) is 5.42. The highest BCUT2D eigenvalue weighted by Crippen LogP contribution is 2.20. The molecule has 0 radical (unpaired) electrons. The van der Waals surface area contributed by atoms with Crippen LogP contribution in [0.3, 0.4) is 0 Å². The zero-order chi connectivity index (χ0) is 21.9. The van der Waals surface area contributed by atoms with Gasteiger partial charge in [-0.05, 0) is 35.4 Å². The number of amides is 1. The Balaban J connectivity index is 1.19. The van der Waals surface area contributed by atoms with Crippen molar-refractivity contribution >= 4 is 28.4 Å². The van der Waals surface area contributed by atoms with Crippen molar-refractivity contribution in [2.24, 2.45) is 0 Å². The molecular weight excluding hydrogens is 426 g/mol. The first-order chi connectivity index (χ1) is 15.6. The Morgan fingerprint density at radius 3 is 2.56 bits per heavy atom. The molecule has 0 aliphatic heterocycles. The van der Waals surface area contributed by atoms with E-state index in [0.717, 1.165) is 28.7 Å². The molecule has 2 aromatic carbocycles. The lowest BCUT2D eigenvalue weighted by Gasteiger charge is -2.05. The number of aromatic amines is 1. The van der Waals surface area contributed by atoms with Crippen molar-refractivity contribution in [2.45, 2.75) is 19.6 Å². The van der Waals surface area contributed by atoms with E-state index >= 15 is 0 Å². The maximum atomic E-state index is 12.6. The topological polar surface area (TPSA) is 93.4 Å². The number of H-pyrrole nitrogens is 1. The van der Waals surface area contributed by atoms with E-state index in [9.17, 15) is 4.79 Å². The van der Waals surface area contributed by atoms with Crippen LogP contribution in [0.15, 0.2) is 73.3 Å². The summed E-state index contributed by atoms with van der Waals surface area (Å²) in [5.41, 5.74) is 4.38. The maximum Gasteiger partial charge on any atom is 0.254 e. The molecule has 0 fully saturated rings. The summed E-state index contributed by atoms with van der Waals surface area (Å²) >= 11 is 6.07. The smallest absolute Gasteiger partial charge is 0.254 e. The molecule has 0 aliphatic rings. The molecule has 160 valence electrons. The van der Waals surface area contributed by atoms with Gasteiger partial charge in [-0.3, -0.25) is 19.3 Å². The van der Waals surface area contributed by atoms with Gasteiger partial charge in [-0.1, -0.05) is 35.9 Å². The van der Waals surface area contributed by atoms with Gasteiger partial charge in [0.1, 0.15) is 0 Å². The SMILES string of the molecule is O=C(NCc1n[nH]c2ccc(Cl)cc12)c1cnn(Cc2ccc(Cn3cccn3)cc2)c1. The highest BCUT2D eigenvalue weighted by atomic mass is 35.5. The predicted molar refractivity (Wildman–Crippen MR) is 121 cm³/mol. The van der Waals surface area contributed by atoms with Crippen molar-refractivity contribution in [3.8, 4) is 0 Å². The van der Waals surface area contributed by atoms with E-state index in [1.54, 1.807) is 29.3 Å². The van der Waals surface area contributed by atoms with Crippen molar-refractivity contribution in [1.82, 2.24) is 35.1 Å². The Labute approximate surface area is 188 Å². The van der Waals surface area contributed by atoms with E-state index in [0.29, 0.717) is 23.7 Å². The molecule has 2 N–H and O–H groups in total. The van der Waals surface area contributed by atoms with Crippen LogP contribution < -0.4 is 5.32 Å². The first-order valence-corrected chi connectivity index (χ1v) is 10.5. The van der Waals surface area contributed by atoms with E-state index in [1.807, 2.05) is 29.1 Å². The molecule has 0 unspecified atom stereocenters. The molecule has 5 aromatic rings. The molecule has 32 heavy (non-hydrogen) atoms. The molecule has 8 nitrogen and oxygen atoms in total. The molecule has 0 saturated carbocycles. The lowest BCUT2D eigenvalue weighted by atomic mass is 10.1. The van der Waals surface area contributed by atoms with Crippen molar-refractivity contribution in [3.63, 3.8) is 0 Å². The van der Waals surface area contributed by atoms with Gasteiger partial charge in [0.25, 0.3) is 5.91 Å². The number of nitrogens with zero attached hydrogens (tertiary/aromatic N) is 5. The minimum absolute atomic E-state index is 0.205. The van der Waals surface area contributed by atoms with Crippen LogP contribution in [0.4, 0.5) is 0 Å². The summed E-state index contributed by atoms with van der Waals surface area (Å²) in [6, 6.07) is 15.7. The minimum Gasteiger partial charge on any atom is -0.346 e. The van der Waals surface area contributed by atoms with Crippen molar-refractivity contribution in [2.75, 3.05) is 0 Å². The fourth-order valence-corrected chi connectivity index (χ4v) is 3.70. The van der Waals surface area contributed by atoms with Gasteiger partial charge >= 0.3 is 0 Å². The summed E-state index contributed by atoms with van der Waals surface area (Å²) in [6.45, 7) is 1.61. The van der Waals surface area contributed by atoms with Gasteiger partial charge in [0.15, 0.2) is 0 Å². The first-order valence-electron chi connectivity index (χ1n) is 10.1. The van der Waals surface area contributed by atoms with Crippen molar-refractivity contribution in [3.05, 3.63) is 101 Å². The lowest BCUT2D eigenvalue weighted by molar-refractivity contribution is 0.0950. The van der Waals surface area contributed by atoms with Gasteiger partial charge in [0.2, 0.25) is 0 Å². The first kappa shape index (κ1) is 20.0. The zero-order valence-corrected chi connectivity index (χ0v) is 17.8. The molecule has 0 atom stereocenters. The van der Waals surface area contributed by atoms with E-state index in [1.165, 1.54) is 5.56 Å². The minimum atomic E-state index is -0.205. The van der Waals surface area contributed by atoms with Gasteiger partial charge in [-0.2, -0.15) is 15.3 Å². The number of benzene rings is 2. The number of rotatable bonds is 7. The molecule has 3 heterocycles. The van der Waals surface area contributed by atoms with Crippen LogP contribution in [-0.2, 0) is 19.6 Å². The third kappa shape index (κ3) is 4.40. The van der Waals surface area contributed by atoms with E-state index in [-0.39, 0.29) is 5.91 Å². The van der Waals surface area contributed by atoms with Crippen LogP contribution >= 0.6 is 11.6 Å². The maximum absolute atomic E-state index is 12.6. The number of carbonyl (C=O) groups excluding carboxylic acids is 1. The fraction of sp³-hybridized carbons (Fsp3) is 0.130. The van der Waals surface area contributed by atoms with Gasteiger partial charge in [0.05, 0.1) is 42.6 Å². The van der Waals surface area contributed by atoms with Gasteiger partial charge in [-0.25, -0.2) is 0 Å². The molecule has 0 spiro atoms. The van der Waals surface area contributed by atoms with Crippen LogP contribution in [0, 0.1) is 0 Å². The van der Waals surface area contributed by atoms with Gasteiger partial charge in [0, 0.05) is 29.0 Å². The standard InChI is InChI=1S/C23H20ClN7O/c24-19-6-7-21-20(10-19)22(29-28-21)12-25-23(32)18-11-27-31(15-18)14-17-4-2-16(3-5-17)13-30-9-1-8-26-30/h1-11,15H,12-14H2,(H,25,32)(H,28,29). The Morgan fingerprint density at radius 1 is 1.03 bits per heavy atom. The second-order valence-electron chi connectivity index (χ2n) is 7.49. The zero-order valence-electron chi connectivity index (χ0n) is 17.1. The van der Waals surface area contributed by atoms with E-state index in [2.05, 4.69) is 50.0 Å². The van der Waals surface area contributed by atoms with E-state index in [4.69, 9.17) is 11.6 Å². The normalized spacial score (nSPS) is 11.2. The summed E-state index contributed by atoms with van der Waals surface area (Å²) in [7, 11) is 0. The highest BCUT2D eigenvalue weighted by molar-refractivity contribution is 6.31. The molecule has 0 bridgehead atoms. The van der Waals surface area contributed by atoms with Crippen LogP contribution in [-0.4, -0.2) is 35.7 Å². The average molecular weight is 446 g/mol. The molecule has 0 saturated heterocycles. The van der Waals surface area contributed by atoms with Crippen molar-refractivity contribution < 1.29 is 4.79 Å². The number of nitrogens with one attached hydrogen (secondary N) is 2. The Kier molecular flexibility index (Phi) is 5.43. The lowest BCUT2D eigenvalue weighted by Crippen LogP contribution is -2.22. The Morgan fingerprint density at radius 2 is 1.81 bits per heavy atom. The average Bonchev–Trinajstić information content (AvgIpc) is 3.55. The Bertz CT molecular complexity index is 1350. The number of carbonyl (C=O) groups is 1. The number of fused-ring (bicyclic) bond motifs is 1. The monoisotopic (exact) mass is 445 g/mol. The number of aromatic nitrogens is 6. The summed E-state index contributed by atoms with van der Waals surface area (Å²) in [5.74, 6) is -0.205. The summed E-state index contributed by atoms with van der Waals surface area (Å²) in [5, 5.41) is 20.2. The molecule has 0 aliphatic carbocycles.